The highest BCUT2D eigenvalue weighted by molar-refractivity contribution is 6.34. The molecule has 0 bridgehead atoms. The van der Waals surface area contributed by atoms with E-state index in [0.717, 1.165) is 17.7 Å². The van der Waals surface area contributed by atoms with E-state index in [1.165, 1.54) is 0 Å². The number of amides is 1. The number of nitrogens with one attached hydrogen (secondary N) is 1. The summed E-state index contributed by atoms with van der Waals surface area (Å²) in [6, 6.07) is 12.9. The maximum absolute atomic E-state index is 11.2. The predicted octanol–water partition coefficient (Wildman–Crippen LogP) is 4.66. The van der Waals surface area contributed by atoms with Crippen molar-refractivity contribution in [3.63, 3.8) is 0 Å². The SMILES string of the molecule is CCC(Nc1ccc(C(N)=O)c(Cl)c1)c1cccc(Cl)c1. The minimum absolute atomic E-state index is 0.110. The number of halogens is 2. The maximum Gasteiger partial charge on any atom is 0.250 e. The summed E-state index contributed by atoms with van der Waals surface area (Å²) in [4.78, 5) is 11.2. The average molecular weight is 323 g/mol. The van der Waals surface area contributed by atoms with Crippen molar-refractivity contribution >= 4 is 34.8 Å². The molecule has 0 radical (unpaired) electrons. The van der Waals surface area contributed by atoms with Gasteiger partial charge >= 0.3 is 0 Å². The van der Waals surface area contributed by atoms with Crippen molar-refractivity contribution < 1.29 is 4.79 Å². The fourth-order valence-corrected chi connectivity index (χ4v) is 2.62. The van der Waals surface area contributed by atoms with Gasteiger partial charge in [-0.25, -0.2) is 0 Å². The van der Waals surface area contributed by atoms with Gasteiger partial charge in [0.2, 0.25) is 5.91 Å². The molecule has 0 spiro atoms. The number of hydrogen-bond donors (Lipinski definition) is 2. The zero-order valence-electron chi connectivity index (χ0n) is 11.6. The molecular formula is C16H16Cl2N2O. The summed E-state index contributed by atoms with van der Waals surface area (Å²) >= 11 is 12.1. The van der Waals surface area contributed by atoms with Gasteiger partial charge in [-0.2, -0.15) is 0 Å². The van der Waals surface area contributed by atoms with Crippen LogP contribution in [-0.4, -0.2) is 5.91 Å². The van der Waals surface area contributed by atoms with Gasteiger partial charge in [-0.1, -0.05) is 42.3 Å². The number of carbonyl (C=O) groups is 1. The van der Waals surface area contributed by atoms with E-state index in [1.54, 1.807) is 18.2 Å². The minimum Gasteiger partial charge on any atom is -0.378 e. The fraction of sp³-hybridized carbons (Fsp3) is 0.188. The molecule has 1 amide bonds. The van der Waals surface area contributed by atoms with Crippen molar-refractivity contribution in [3.8, 4) is 0 Å². The zero-order chi connectivity index (χ0) is 15.4. The monoisotopic (exact) mass is 322 g/mol. The van der Waals surface area contributed by atoms with Crippen molar-refractivity contribution in [2.45, 2.75) is 19.4 Å². The molecule has 1 atom stereocenters. The van der Waals surface area contributed by atoms with Crippen molar-refractivity contribution in [1.82, 2.24) is 0 Å². The third kappa shape index (κ3) is 3.90. The Hall–Kier alpha value is -1.71. The van der Waals surface area contributed by atoms with E-state index in [1.807, 2.05) is 24.3 Å². The Morgan fingerprint density at radius 2 is 2.00 bits per heavy atom. The molecule has 2 rings (SSSR count). The molecule has 0 aliphatic rings. The predicted molar refractivity (Wildman–Crippen MR) is 88.1 cm³/mol. The molecule has 0 aliphatic carbocycles. The van der Waals surface area contributed by atoms with Crippen LogP contribution in [0.4, 0.5) is 5.69 Å². The lowest BCUT2D eigenvalue weighted by molar-refractivity contribution is 0.100. The number of carbonyl (C=O) groups excluding carboxylic acids is 1. The summed E-state index contributed by atoms with van der Waals surface area (Å²) in [5.74, 6) is -0.534. The number of anilines is 1. The summed E-state index contributed by atoms with van der Waals surface area (Å²) in [6.07, 6.45) is 0.884. The van der Waals surface area contributed by atoms with Gasteiger partial charge in [-0.3, -0.25) is 4.79 Å². The molecule has 0 heterocycles. The van der Waals surface area contributed by atoms with Gasteiger partial charge in [0.25, 0.3) is 0 Å². The highest BCUT2D eigenvalue weighted by Gasteiger charge is 2.12. The molecule has 21 heavy (non-hydrogen) atoms. The Morgan fingerprint density at radius 3 is 2.57 bits per heavy atom. The molecule has 0 fully saturated rings. The maximum atomic E-state index is 11.2. The van der Waals surface area contributed by atoms with E-state index in [-0.39, 0.29) is 6.04 Å². The van der Waals surface area contributed by atoms with Gasteiger partial charge in [0.1, 0.15) is 0 Å². The number of primary amides is 1. The van der Waals surface area contributed by atoms with Crippen molar-refractivity contribution in [1.29, 1.82) is 0 Å². The Balaban J connectivity index is 2.23. The molecule has 3 nitrogen and oxygen atoms in total. The lowest BCUT2D eigenvalue weighted by atomic mass is 10.0. The molecule has 0 aliphatic heterocycles. The second kappa shape index (κ2) is 6.83. The van der Waals surface area contributed by atoms with Crippen LogP contribution in [0.15, 0.2) is 42.5 Å². The third-order valence-corrected chi connectivity index (χ3v) is 3.78. The van der Waals surface area contributed by atoms with Crippen LogP contribution in [0.2, 0.25) is 10.0 Å². The van der Waals surface area contributed by atoms with Crippen LogP contribution >= 0.6 is 23.2 Å². The van der Waals surface area contributed by atoms with Crippen molar-refractivity contribution in [2.75, 3.05) is 5.32 Å². The van der Waals surface area contributed by atoms with Crippen LogP contribution < -0.4 is 11.1 Å². The van der Waals surface area contributed by atoms with E-state index >= 15 is 0 Å². The van der Waals surface area contributed by atoms with E-state index < -0.39 is 5.91 Å². The first-order chi connectivity index (χ1) is 10.0. The Bertz CT molecular complexity index is 658. The van der Waals surface area contributed by atoms with Crippen LogP contribution in [0.3, 0.4) is 0 Å². The van der Waals surface area contributed by atoms with E-state index in [0.29, 0.717) is 15.6 Å². The standard InChI is InChI=1S/C16H16Cl2N2O/c1-2-15(10-4-3-5-11(17)8-10)20-12-6-7-13(16(19)21)14(18)9-12/h3-9,15,20H,2H2,1H3,(H2,19,21). The smallest absolute Gasteiger partial charge is 0.250 e. The molecule has 0 aromatic heterocycles. The molecule has 2 aromatic rings. The van der Waals surface area contributed by atoms with E-state index in [9.17, 15) is 4.79 Å². The molecule has 5 heteroatoms. The summed E-state index contributed by atoms with van der Waals surface area (Å²) in [5, 5.41) is 4.43. The summed E-state index contributed by atoms with van der Waals surface area (Å²) < 4.78 is 0. The molecule has 3 N–H and O–H groups in total. The molecule has 0 saturated heterocycles. The molecule has 110 valence electrons. The Morgan fingerprint density at radius 1 is 1.24 bits per heavy atom. The minimum atomic E-state index is -0.534. The second-order valence-electron chi connectivity index (χ2n) is 4.72. The normalized spacial score (nSPS) is 12.0. The molecule has 2 aromatic carbocycles. The first-order valence-corrected chi connectivity index (χ1v) is 7.38. The van der Waals surface area contributed by atoms with Gasteiger partial charge in [-0.15, -0.1) is 0 Å². The topological polar surface area (TPSA) is 55.1 Å². The van der Waals surface area contributed by atoms with Crippen LogP contribution in [0.25, 0.3) is 0 Å². The molecule has 1 unspecified atom stereocenters. The zero-order valence-corrected chi connectivity index (χ0v) is 13.1. The largest absolute Gasteiger partial charge is 0.378 e. The van der Waals surface area contributed by atoms with Gasteiger partial charge in [-0.05, 0) is 42.3 Å². The van der Waals surface area contributed by atoms with Gasteiger partial charge in [0.05, 0.1) is 16.6 Å². The lowest BCUT2D eigenvalue weighted by Gasteiger charge is -2.19. The van der Waals surface area contributed by atoms with E-state index in [4.69, 9.17) is 28.9 Å². The second-order valence-corrected chi connectivity index (χ2v) is 5.56. The molecular weight excluding hydrogens is 307 g/mol. The lowest BCUT2D eigenvalue weighted by Crippen LogP contribution is -2.13. The first-order valence-electron chi connectivity index (χ1n) is 6.62. The first kappa shape index (κ1) is 15.7. The Kier molecular flexibility index (Phi) is 5.10. The third-order valence-electron chi connectivity index (χ3n) is 3.23. The highest BCUT2D eigenvalue weighted by Crippen LogP contribution is 2.27. The summed E-state index contributed by atoms with van der Waals surface area (Å²) in [5.41, 5.74) is 7.49. The molecule has 0 saturated carbocycles. The highest BCUT2D eigenvalue weighted by atomic mass is 35.5. The number of benzene rings is 2. The van der Waals surface area contributed by atoms with Crippen molar-refractivity contribution in [2.24, 2.45) is 5.73 Å². The average Bonchev–Trinajstić information content (AvgIpc) is 2.44. The number of hydrogen-bond acceptors (Lipinski definition) is 2. The summed E-state index contributed by atoms with van der Waals surface area (Å²) in [6.45, 7) is 2.08. The van der Waals surface area contributed by atoms with Crippen LogP contribution in [-0.2, 0) is 0 Å². The van der Waals surface area contributed by atoms with Crippen LogP contribution in [0.1, 0.15) is 35.3 Å². The van der Waals surface area contributed by atoms with Crippen LogP contribution in [0.5, 0.6) is 0 Å². The van der Waals surface area contributed by atoms with Gasteiger partial charge in [0.15, 0.2) is 0 Å². The van der Waals surface area contributed by atoms with Gasteiger partial charge in [0, 0.05) is 10.7 Å². The number of nitrogens with two attached hydrogens (primary N) is 1. The Labute approximate surface area is 134 Å². The fourth-order valence-electron chi connectivity index (χ4n) is 2.15. The van der Waals surface area contributed by atoms with E-state index in [2.05, 4.69) is 12.2 Å². The summed E-state index contributed by atoms with van der Waals surface area (Å²) in [7, 11) is 0. The number of rotatable bonds is 5. The van der Waals surface area contributed by atoms with Crippen LogP contribution in [0, 0.1) is 0 Å². The quantitative estimate of drug-likeness (QED) is 0.841. The van der Waals surface area contributed by atoms with Crippen molar-refractivity contribution in [3.05, 3.63) is 63.6 Å². The van der Waals surface area contributed by atoms with Gasteiger partial charge < -0.3 is 11.1 Å².